The van der Waals surface area contributed by atoms with Crippen LogP contribution in [0.3, 0.4) is 0 Å². The molecule has 1 heterocycles. The first-order valence-corrected chi connectivity index (χ1v) is 11.4. The third-order valence-electron chi connectivity index (χ3n) is 6.30. The highest BCUT2D eigenvalue weighted by Crippen LogP contribution is 2.54. The molecule has 200 valence electrons. The van der Waals surface area contributed by atoms with E-state index in [0.717, 1.165) is 25.5 Å². The first kappa shape index (κ1) is 27.4. The second-order valence-corrected chi connectivity index (χ2v) is 9.21. The summed E-state index contributed by atoms with van der Waals surface area (Å²) >= 11 is 6.18. The molecule has 38 heavy (non-hydrogen) atoms. The number of rotatable bonds is 4. The largest absolute Gasteiger partial charge is 0.435 e. The number of benzene rings is 3. The number of anilines is 2. The van der Waals surface area contributed by atoms with E-state index in [0.29, 0.717) is 17.3 Å². The molecule has 0 saturated heterocycles. The average molecular weight is 559 g/mol. The van der Waals surface area contributed by atoms with Gasteiger partial charge in [0.2, 0.25) is 0 Å². The van der Waals surface area contributed by atoms with Gasteiger partial charge in [0.15, 0.2) is 0 Å². The van der Waals surface area contributed by atoms with E-state index >= 15 is 0 Å². The van der Waals surface area contributed by atoms with Crippen LogP contribution in [-0.4, -0.2) is 24.2 Å². The Morgan fingerprint density at radius 3 is 2.13 bits per heavy atom. The molecule has 3 aromatic carbocycles. The Morgan fingerprint density at radius 2 is 1.53 bits per heavy atom. The van der Waals surface area contributed by atoms with Crippen molar-refractivity contribution in [1.82, 2.24) is 0 Å². The van der Waals surface area contributed by atoms with Crippen molar-refractivity contribution in [1.29, 1.82) is 0 Å². The van der Waals surface area contributed by atoms with E-state index < -0.39 is 35.1 Å². The maximum atomic E-state index is 14.6. The molecule has 0 atom stereocenters. The molecular weight excluding hydrogens is 541 g/mol. The van der Waals surface area contributed by atoms with E-state index in [-0.39, 0.29) is 34.3 Å². The topological polar surface area (TPSA) is 49.4 Å². The highest BCUT2D eigenvalue weighted by atomic mass is 35.5. The Morgan fingerprint density at radius 1 is 0.895 bits per heavy atom. The molecule has 12 heteroatoms. The lowest BCUT2D eigenvalue weighted by molar-refractivity contribution is -0.348. The number of carbonyl (C=O) groups excluding carboxylic acids is 2. The van der Waals surface area contributed by atoms with E-state index in [1.54, 1.807) is 24.3 Å². The maximum Gasteiger partial charge on any atom is 0.435 e. The lowest BCUT2D eigenvalue weighted by Gasteiger charge is -2.32. The number of nitrogens with zero attached hydrogens (tertiary/aromatic N) is 1. The van der Waals surface area contributed by atoms with Crippen LogP contribution in [0.2, 0.25) is 5.02 Å². The molecule has 4 rings (SSSR count). The number of hydrogen-bond donors (Lipinski definition) is 1. The number of carbonyl (C=O) groups is 2. The van der Waals surface area contributed by atoms with Crippen LogP contribution < -0.4 is 10.2 Å². The SMILES string of the molecule is Cc1cc(C(F)(C(F)(F)F)C(F)(F)F)c(C)cc1NC(=O)c1cc(N2Cc3ccccc3C2=O)ccc1Cl. The van der Waals surface area contributed by atoms with Gasteiger partial charge in [0, 0.05) is 22.5 Å². The standard InChI is InChI=1S/C26H18ClF7N2O2/c1-13-10-21(14(2)9-19(13)24(28,25(29,30)31)26(32,33)34)35-22(37)18-11-16(7-8-20(18)27)36-12-15-5-3-4-6-17(15)23(36)38/h3-11H,12H2,1-2H3,(H,35,37). The summed E-state index contributed by atoms with van der Waals surface area (Å²) in [7, 11) is 0. The minimum absolute atomic E-state index is 0.0154. The fourth-order valence-corrected chi connectivity index (χ4v) is 4.50. The average Bonchev–Trinajstić information content (AvgIpc) is 3.16. The van der Waals surface area contributed by atoms with Crippen molar-refractivity contribution in [2.45, 2.75) is 38.4 Å². The molecule has 0 fully saturated rings. The summed E-state index contributed by atoms with van der Waals surface area (Å²) in [5.74, 6) is -1.13. The minimum atomic E-state index is -6.27. The number of aryl methyl sites for hydroxylation is 2. The van der Waals surface area contributed by atoms with Crippen molar-refractivity contribution < 1.29 is 40.3 Å². The number of alkyl halides is 7. The fraction of sp³-hybridized carbons (Fsp3) is 0.231. The normalized spacial score (nSPS) is 14.1. The Bertz CT molecular complexity index is 1440. The van der Waals surface area contributed by atoms with Crippen molar-refractivity contribution in [3.63, 3.8) is 0 Å². The van der Waals surface area contributed by atoms with Gasteiger partial charge in [0.05, 0.1) is 17.1 Å². The molecule has 0 spiro atoms. The predicted octanol–water partition coefficient (Wildman–Crippen LogP) is 7.66. The predicted molar refractivity (Wildman–Crippen MR) is 127 cm³/mol. The third-order valence-corrected chi connectivity index (χ3v) is 6.63. The Kier molecular flexibility index (Phi) is 6.71. The van der Waals surface area contributed by atoms with Gasteiger partial charge in [-0.25, -0.2) is 4.39 Å². The van der Waals surface area contributed by atoms with E-state index in [9.17, 15) is 40.3 Å². The zero-order valence-electron chi connectivity index (χ0n) is 19.7. The fourth-order valence-electron chi connectivity index (χ4n) is 4.30. The van der Waals surface area contributed by atoms with Gasteiger partial charge >= 0.3 is 18.0 Å². The van der Waals surface area contributed by atoms with Gasteiger partial charge in [-0.05, 0) is 66.9 Å². The van der Waals surface area contributed by atoms with Crippen LogP contribution in [0.25, 0.3) is 0 Å². The zero-order valence-corrected chi connectivity index (χ0v) is 20.4. The quantitative estimate of drug-likeness (QED) is 0.334. The van der Waals surface area contributed by atoms with E-state index in [1.807, 2.05) is 0 Å². The highest BCUT2D eigenvalue weighted by molar-refractivity contribution is 6.34. The molecule has 0 aromatic heterocycles. The summed E-state index contributed by atoms with van der Waals surface area (Å²) < 4.78 is 94.1. The smallest absolute Gasteiger partial charge is 0.322 e. The monoisotopic (exact) mass is 558 g/mol. The van der Waals surface area contributed by atoms with Crippen LogP contribution in [0.5, 0.6) is 0 Å². The molecule has 1 aliphatic heterocycles. The van der Waals surface area contributed by atoms with E-state index in [2.05, 4.69) is 5.32 Å². The Labute approximate surface area is 217 Å². The second-order valence-electron chi connectivity index (χ2n) is 8.80. The molecule has 0 unspecified atom stereocenters. The zero-order chi connectivity index (χ0) is 28.2. The maximum absolute atomic E-state index is 14.6. The summed E-state index contributed by atoms with van der Waals surface area (Å²) in [4.78, 5) is 27.3. The first-order valence-electron chi connectivity index (χ1n) is 11.0. The van der Waals surface area contributed by atoms with Crippen LogP contribution in [0, 0.1) is 13.8 Å². The van der Waals surface area contributed by atoms with Crippen molar-refractivity contribution >= 4 is 34.8 Å². The van der Waals surface area contributed by atoms with Crippen molar-refractivity contribution in [3.8, 4) is 0 Å². The van der Waals surface area contributed by atoms with Crippen LogP contribution >= 0.6 is 11.6 Å². The van der Waals surface area contributed by atoms with Crippen molar-refractivity contribution in [2.24, 2.45) is 0 Å². The van der Waals surface area contributed by atoms with Crippen molar-refractivity contribution in [3.05, 3.63) is 93.0 Å². The van der Waals surface area contributed by atoms with E-state index in [4.69, 9.17) is 11.6 Å². The highest BCUT2D eigenvalue weighted by Gasteiger charge is 2.73. The molecule has 2 amide bonds. The van der Waals surface area contributed by atoms with E-state index in [1.165, 1.54) is 23.1 Å². The Hall–Kier alpha value is -3.60. The van der Waals surface area contributed by atoms with Crippen LogP contribution in [0.4, 0.5) is 42.1 Å². The summed E-state index contributed by atoms with van der Waals surface area (Å²) in [6, 6.07) is 12.4. The number of amides is 2. The van der Waals surface area contributed by atoms with Crippen LogP contribution in [0.15, 0.2) is 54.6 Å². The summed E-state index contributed by atoms with van der Waals surface area (Å²) in [6.07, 6.45) is -12.5. The first-order chi connectivity index (χ1) is 17.6. The van der Waals surface area contributed by atoms with Crippen molar-refractivity contribution in [2.75, 3.05) is 10.2 Å². The second kappa shape index (κ2) is 9.30. The molecule has 1 N–H and O–H groups in total. The van der Waals surface area contributed by atoms with Gasteiger partial charge in [-0.1, -0.05) is 29.8 Å². The lowest BCUT2D eigenvalue weighted by Crippen LogP contribution is -2.50. The molecule has 0 aliphatic carbocycles. The van der Waals surface area contributed by atoms with Gasteiger partial charge in [-0.2, -0.15) is 26.3 Å². The molecule has 0 radical (unpaired) electrons. The summed E-state index contributed by atoms with van der Waals surface area (Å²) in [5, 5.41) is 2.38. The van der Waals surface area contributed by atoms with Gasteiger partial charge in [0.25, 0.3) is 11.8 Å². The van der Waals surface area contributed by atoms with Crippen LogP contribution in [-0.2, 0) is 12.2 Å². The summed E-state index contributed by atoms with van der Waals surface area (Å²) in [5.41, 5.74) is -6.76. The molecular formula is C26H18ClF7N2O2. The summed E-state index contributed by atoms with van der Waals surface area (Å²) in [6.45, 7) is 2.26. The number of halogens is 8. The third kappa shape index (κ3) is 4.48. The van der Waals surface area contributed by atoms with Gasteiger partial charge in [0.1, 0.15) is 0 Å². The number of nitrogens with one attached hydrogen (secondary N) is 1. The number of fused-ring (bicyclic) bond motifs is 1. The Balaban J connectivity index is 1.65. The van der Waals surface area contributed by atoms with Gasteiger partial charge in [-0.3, -0.25) is 9.59 Å². The van der Waals surface area contributed by atoms with Crippen LogP contribution in [0.1, 0.15) is 43.0 Å². The molecule has 4 nitrogen and oxygen atoms in total. The molecule has 1 aliphatic rings. The molecule has 0 bridgehead atoms. The van der Waals surface area contributed by atoms with Gasteiger partial charge in [-0.15, -0.1) is 0 Å². The molecule has 3 aromatic rings. The molecule has 0 saturated carbocycles. The number of hydrogen-bond acceptors (Lipinski definition) is 2. The van der Waals surface area contributed by atoms with Gasteiger partial charge < -0.3 is 10.2 Å². The minimum Gasteiger partial charge on any atom is -0.322 e. The lowest BCUT2D eigenvalue weighted by atomic mass is 9.88.